The molecule has 3 rings (SSSR count). The smallest absolute Gasteiger partial charge is 0.225 e. The molecule has 0 spiro atoms. The van der Waals surface area contributed by atoms with Gasteiger partial charge in [-0.15, -0.1) is 0 Å². The van der Waals surface area contributed by atoms with E-state index in [1.807, 2.05) is 42.5 Å². The topological polar surface area (TPSA) is 41.1 Å². The van der Waals surface area contributed by atoms with Crippen LogP contribution in [-0.2, 0) is 6.54 Å². The number of benzene rings is 2. The molecular weight excluding hydrogens is 327 g/mol. The fourth-order valence-electron chi connectivity index (χ4n) is 2.80. The molecule has 0 atom stereocenters. The van der Waals surface area contributed by atoms with E-state index in [1.165, 1.54) is 6.07 Å². The molecule has 0 aliphatic carbocycles. The molecule has 4 nitrogen and oxygen atoms in total. The lowest BCUT2D eigenvalue weighted by Gasteiger charge is -2.21. The number of nitrogens with zero attached hydrogens (tertiary/aromatic N) is 3. The van der Waals surface area contributed by atoms with E-state index < -0.39 is 0 Å². The molecular formula is C21H23FN4. The van der Waals surface area contributed by atoms with Crippen molar-refractivity contribution in [3.05, 3.63) is 72.0 Å². The number of aromatic nitrogens is 2. The summed E-state index contributed by atoms with van der Waals surface area (Å²) in [7, 11) is 0. The highest BCUT2D eigenvalue weighted by Gasteiger charge is 2.11. The van der Waals surface area contributed by atoms with Gasteiger partial charge in [-0.2, -0.15) is 4.98 Å². The van der Waals surface area contributed by atoms with Gasteiger partial charge in [-0.1, -0.05) is 48.5 Å². The van der Waals surface area contributed by atoms with E-state index >= 15 is 0 Å². The predicted molar refractivity (Wildman–Crippen MR) is 105 cm³/mol. The number of rotatable bonds is 7. The Hall–Kier alpha value is -2.95. The van der Waals surface area contributed by atoms with Crippen LogP contribution in [0.1, 0.15) is 19.4 Å². The monoisotopic (exact) mass is 350 g/mol. The zero-order chi connectivity index (χ0) is 18.4. The Kier molecular flexibility index (Phi) is 5.79. The second-order valence-corrected chi connectivity index (χ2v) is 5.92. The van der Waals surface area contributed by atoms with Crippen LogP contribution in [0.3, 0.4) is 0 Å². The van der Waals surface area contributed by atoms with E-state index in [0.29, 0.717) is 18.1 Å². The summed E-state index contributed by atoms with van der Waals surface area (Å²) in [6.07, 6.45) is 0. The highest BCUT2D eigenvalue weighted by molar-refractivity contribution is 5.64. The van der Waals surface area contributed by atoms with E-state index in [4.69, 9.17) is 0 Å². The van der Waals surface area contributed by atoms with E-state index in [0.717, 1.165) is 30.2 Å². The average Bonchev–Trinajstić information content (AvgIpc) is 2.69. The second-order valence-electron chi connectivity index (χ2n) is 5.92. The molecule has 0 fully saturated rings. The first-order valence-electron chi connectivity index (χ1n) is 8.88. The van der Waals surface area contributed by atoms with Crippen molar-refractivity contribution in [3.63, 3.8) is 0 Å². The Balaban J connectivity index is 1.93. The van der Waals surface area contributed by atoms with Gasteiger partial charge in [-0.3, -0.25) is 0 Å². The lowest BCUT2D eigenvalue weighted by molar-refractivity contribution is 0.612. The quantitative estimate of drug-likeness (QED) is 0.668. The zero-order valence-corrected chi connectivity index (χ0v) is 15.1. The van der Waals surface area contributed by atoms with Gasteiger partial charge in [-0.25, -0.2) is 9.37 Å². The first-order valence-corrected chi connectivity index (χ1v) is 8.88. The number of hydrogen-bond acceptors (Lipinski definition) is 4. The molecule has 0 saturated carbocycles. The Morgan fingerprint density at radius 3 is 2.31 bits per heavy atom. The van der Waals surface area contributed by atoms with Crippen molar-refractivity contribution in [3.8, 4) is 11.3 Å². The van der Waals surface area contributed by atoms with Crippen molar-refractivity contribution >= 4 is 11.8 Å². The first-order chi connectivity index (χ1) is 12.7. The maximum atomic E-state index is 13.9. The molecule has 0 radical (unpaired) electrons. The number of halogens is 1. The van der Waals surface area contributed by atoms with Gasteiger partial charge in [-0.05, 0) is 19.9 Å². The molecule has 1 N–H and O–H groups in total. The van der Waals surface area contributed by atoms with Crippen molar-refractivity contribution in [1.29, 1.82) is 0 Å². The van der Waals surface area contributed by atoms with Crippen LogP contribution in [0.2, 0.25) is 0 Å². The summed E-state index contributed by atoms with van der Waals surface area (Å²) < 4.78 is 13.9. The summed E-state index contributed by atoms with van der Waals surface area (Å²) in [5, 5.41) is 3.17. The van der Waals surface area contributed by atoms with Crippen molar-refractivity contribution in [2.24, 2.45) is 0 Å². The summed E-state index contributed by atoms with van der Waals surface area (Å²) in [6, 6.07) is 18.7. The maximum absolute atomic E-state index is 13.9. The molecule has 0 unspecified atom stereocenters. The number of nitrogens with one attached hydrogen (secondary N) is 1. The van der Waals surface area contributed by atoms with E-state index in [-0.39, 0.29) is 5.82 Å². The molecule has 0 saturated heterocycles. The minimum atomic E-state index is -0.233. The lowest BCUT2D eigenvalue weighted by atomic mass is 10.1. The summed E-state index contributed by atoms with van der Waals surface area (Å²) in [4.78, 5) is 11.4. The third-order valence-electron chi connectivity index (χ3n) is 4.26. The van der Waals surface area contributed by atoms with Gasteiger partial charge in [0.05, 0.1) is 5.69 Å². The van der Waals surface area contributed by atoms with Crippen molar-refractivity contribution in [2.75, 3.05) is 23.3 Å². The number of anilines is 2. The second kappa shape index (κ2) is 8.43. The summed E-state index contributed by atoms with van der Waals surface area (Å²) in [6.45, 7) is 6.24. The van der Waals surface area contributed by atoms with Gasteiger partial charge < -0.3 is 10.2 Å². The molecule has 0 aliphatic rings. The van der Waals surface area contributed by atoms with Gasteiger partial charge in [0.15, 0.2) is 0 Å². The molecule has 0 aliphatic heterocycles. The molecule has 0 amide bonds. The summed E-state index contributed by atoms with van der Waals surface area (Å²) in [5.41, 5.74) is 2.46. The molecule has 3 aromatic rings. The normalized spacial score (nSPS) is 10.6. The van der Waals surface area contributed by atoms with Gasteiger partial charge in [0.1, 0.15) is 11.6 Å². The van der Waals surface area contributed by atoms with Crippen LogP contribution in [0.15, 0.2) is 60.7 Å². The Morgan fingerprint density at radius 1 is 0.923 bits per heavy atom. The molecule has 1 heterocycles. The van der Waals surface area contributed by atoms with Crippen molar-refractivity contribution in [2.45, 2.75) is 20.4 Å². The molecule has 1 aromatic heterocycles. The van der Waals surface area contributed by atoms with E-state index in [1.54, 1.807) is 12.1 Å². The maximum Gasteiger partial charge on any atom is 0.225 e. The van der Waals surface area contributed by atoms with Crippen LogP contribution in [-0.4, -0.2) is 23.1 Å². The third kappa shape index (κ3) is 4.17. The van der Waals surface area contributed by atoms with Gasteiger partial charge in [0, 0.05) is 36.8 Å². The minimum absolute atomic E-state index is 0.233. The largest absolute Gasteiger partial charge is 0.357 e. The molecule has 5 heteroatoms. The van der Waals surface area contributed by atoms with Crippen LogP contribution in [0, 0.1) is 5.82 Å². The predicted octanol–water partition coefficient (Wildman–Crippen LogP) is 4.74. The zero-order valence-electron chi connectivity index (χ0n) is 15.1. The highest BCUT2D eigenvalue weighted by atomic mass is 19.1. The van der Waals surface area contributed by atoms with Crippen LogP contribution >= 0.6 is 0 Å². The summed E-state index contributed by atoms with van der Waals surface area (Å²) >= 11 is 0. The lowest BCUT2D eigenvalue weighted by Crippen LogP contribution is -2.23. The van der Waals surface area contributed by atoms with Gasteiger partial charge >= 0.3 is 0 Å². The Bertz CT molecular complexity index is 848. The standard InChI is InChI=1S/C21H23FN4/c1-3-26(4-2)20-14-19(16-10-6-5-7-11-16)24-21(25-20)23-15-17-12-8-9-13-18(17)22/h5-14H,3-4,15H2,1-2H3,(H,23,24,25). The first kappa shape index (κ1) is 17.9. The fraction of sp³-hybridized carbons (Fsp3) is 0.238. The third-order valence-corrected chi connectivity index (χ3v) is 4.26. The fourth-order valence-corrected chi connectivity index (χ4v) is 2.80. The van der Waals surface area contributed by atoms with Crippen LogP contribution in [0.4, 0.5) is 16.2 Å². The van der Waals surface area contributed by atoms with Crippen LogP contribution in [0.5, 0.6) is 0 Å². The Morgan fingerprint density at radius 2 is 1.62 bits per heavy atom. The molecule has 134 valence electrons. The van der Waals surface area contributed by atoms with E-state index in [9.17, 15) is 4.39 Å². The van der Waals surface area contributed by atoms with Crippen LogP contribution < -0.4 is 10.2 Å². The van der Waals surface area contributed by atoms with Crippen molar-refractivity contribution in [1.82, 2.24) is 9.97 Å². The molecule has 0 bridgehead atoms. The molecule has 26 heavy (non-hydrogen) atoms. The minimum Gasteiger partial charge on any atom is -0.357 e. The van der Waals surface area contributed by atoms with Gasteiger partial charge in [0.25, 0.3) is 0 Å². The van der Waals surface area contributed by atoms with Crippen LogP contribution in [0.25, 0.3) is 11.3 Å². The number of hydrogen-bond donors (Lipinski definition) is 1. The van der Waals surface area contributed by atoms with Crippen molar-refractivity contribution < 1.29 is 4.39 Å². The highest BCUT2D eigenvalue weighted by Crippen LogP contribution is 2.23. The van der Waals surface area contributed by atoms with E-state index in [2.05, 4.69) is 34.0 Å². The SMILES string of the molecule is CCN(CC)c1cc(-c2ccccc2)nc(NCc2ccccc2F)n1. The Labute approximate surface area is 153 Å². The molecule has 2 aromatic carbocycles. The van der Waals surface area contributed by atoms with Gasteiger partial charge in [0.2, 0.25) is 5.95 Å². The summed E-state index contributed by atoms with van der Waals surface area (Å²) in [5.74, 6) is 1.12. The average molecular weight is 350 g/mol.